The number of hydrogen-bond acceptors (Lipinski definition) is 5. The molecule has 2 atom stereocenters. The molecule has 0 unspecified atom stereocenters. The number of aromatic nitrogens is 1. The summed E-state index contributed by atoms with van der Waals surface area (Å²) in [7, 11) is -3.23. The maximum atomic E-state index is 12.3. The predicted molar refractivity (Wildman–Crippen MR) is 81.3 cm³/mol. The van der Waals surface area contributed by atoms with E-state index < -0.39 is 10.0 Å². The summed E-state index contributed by atoms with van der Waals surface area (Å²) in [6.07, 6.45) is 1.62. The molecule has 118 valence electrons. The summed E-state index contributed by atoms with van der Waals surface area (Å²) >= 11 is 0. The van der Waals surface area contributed by atoms with E-state index in [4.69, 9.17) is 4.74 Å². The van der Waals surface area contributed by atoms with Crippen molar-refractivity contribution in [1.29, 1.82) is 0 Å². The molecule has 1 aromatic heterocycles. The van der Waals surface area contributed by atoms with E-state index >= 15 is 0 Å². The number of morpholine rings is 1. The molecule has 1 fully saturated rings. The average Bonchev–Trinajstić information content (AvgIpc) is 2.44. The third kappa shape index (κ3) is 5.03. The van der Waals surface area contributed by atoms with E-state index in [1.54, 1.807) is 6.20 Å². The van der Waals surface area contributed by atoms with Crippen LogP contribution in [0.25, 0.3) is 0 Å². The van der Waals surface area contributed by atoms with Crippen molar-refractivity contribution < 1.29 is 13.2 Å². The molecule has 1 aromatic rings. The van der Waals surface area contributed by atoms with Crippen molar-refractivity contribution in [2.75, 3.05) is 25.4 Å². The Kier molecular flexibility index (Phi) is 5.69. The second kappa shape index (κ2) is 7.31. The van der Waals surface area contributed by atoms with Crippen LogP contribution in [0.15, 0.2) is 24.4 Å². The van der Waals surface area contributed by atoms with Gasteiger partial charge < -0.3 is 10.1 Å². The molecule has 1 aliphatic rings. The zero-order chi connectivity index (χ0) is 15.3. The van der Waals surface area contributed by atoms with Gasteiger partial charge in [-0.15, -0.1) is 0 Å². The maximum absolute atomic E-state index is 12.3. The summed E-state index contributed by atoms with van der Waals surface area (Å²) in [6.45, 7) is 5.67. The van der Waals surface area contributed by atoms with E-state index in [9.17, 15) is 8.42 Å². The normalized spacial score (nSPS) is 24.1. The number of ether oxygens (including phenoxy) is 1. The third-order valence-electron chi connectivity index (χ3n) is 3.35. The molecule has 6 nitrogen and oxygen atoms in total. The van der Waals surface area contributed by atoms with E-state index in [0.29, 0.717) is 26.2 Å². The number of nitrogens with zero attached hydrogens (tertiary/aromatic N) is 2. The van der Waals surface area contributed by atoms with Gasteiger partial charge in [-0.3, -0.25) is 4.98 Å². The van der Waals surface area contributed by atoms with Gasteiger partial charge in [-0.25, -0.2) is 8.42 Å². The van der Waals surface area contributed by atoms with Crippen LogP contribution < -0.4 is 5.32 Å². The molecule has 2 heterocycles. The van der Waals surface area contributed by atoms with Crippen LogP contribution in [-0.4, -0.2) is 55.3 Å². The lowest BCUT2D eigenvalue weighted by Gasteiger charge is -2.34. The zero-order valence-electron chi connectivity index (χ0n) is 12.5. The summed E-state index contributed by atoms with van der Waals surface area (Å²) in [6, 6.07) is 5.68. The lowest BCUT2D eigenvalue weighted by atomic mass is 10.3. The lowest BCUT2D eigenvalue weighted by molar-refractivity contribution is -0.0440. The van der Waals surface area contributed by atoms with Crippen LogP contribution in [0.2, 0.25) is 0 Å². The molecule has 2 rings (SSSR count). The standard InChI is InChI=1S/C14H23N3O3S/c1-12-10-17(11-13(2)20-12)21(18,19)8-7-15-9-14-5-3-4-6-16-14/h3-6,12-13,15H,7-11H2,1-2H3/t12-,13+. The Morgan fingerprint density at radius 1 is 1.33 bits per heavy atom. The van der Waals surface area contributed by atoms with Crippen LogP contribution in [-0.2, 0) is 21.3 Å². The Bertz CT molecular complexity index is 526. The minimum Gasteiger partial charge on any atom is -0.373 e. The minimum absolute atomic E-state index is 0.0509. The molecule has 1 N–H and O–H groups in total. The Hall–Kier alpha value is -1.02. The van der Waals surface area contributed by atoms with Gasteiger partial charge in [-0.05, 0) is 26.0 Å². The van der Waals surface area contributed by atoms with Gasteiger partial charge in [0.05, 0.1) is 23.7 Å². The van der Waals surface area contributed by atoms with Crippen molar-refractivity contribution in [2.24, 2.45) is 0 Å². The fourth-order valence-electron chi connectivity index (χ4n) is 2.41. The smallest absolute Gasteiger partial charge is 0.215 e. The molecular formula is C14H23N3O3S. The average molecular weight is 313 g/mol. The highest BCUT2D eigenvalue weighted by molar-refractivity contribution is 7.89. The van der Waals surface area contributed by atoms with E-state index in [-0.39, 0.29) is 18.0 Å². The van der Waals surface area contributed by atoms with Crippen molar-refractivity contribution in [3.05, 3.63) is 30.1 Å². The molecule has 0 aliphatic carbocycles. The number of sulfonamides is 1. The van der Waals surface area contributed by atoms with E-state index in [1.807, 2.05) is 32.0 Å². The summed E-state index contributed by atoms with van der Waals surface area (Å²) in [5.41, 5.74) is 0.906. The SMILES string of the molecule is C[C@@H]1CN(S(=O)(=O)CCNCc2ccccn2)C[C@H](C)O1. The van der Waals surface area contributed by atoms with Crippen molar-refractivity contribution >= 4 is 10.0 Å². The molecule has 0 bridgehead atoms. The molecule has 1 aliphatic heterocycles. The van der Waals surface area contributed by atoms with E-state index in [0.717, 1.165) is 5.69 Å². The fraction of sp³-hybridized carbons (Fsp3) is 0.643. The Morgan fingerprint density at radius 2 is 2.05 bits per heavy atom. The van der Waals surface area contributed by atoms with Gasteiger partial charge in [0, 0.05) is 32.4 Å². The first-order chi connectivity index (χ1) is 9.97. The highest BCUT2D eigenvalue weighted by atomic mass is 32.2. The van der Waals surface area contributed by atoms with Crippen LogP contribution in [0.3, 0.4) is 0 Å². The summed E-state index contributed by atoms with van der Waals surface area (Å²) < 4.78 is 31.7. The molecule has 0 radical (unpaired) electrons. The Balaban J connectivity index is 1.78. The molecule has 0 spiro atoms. The second-order valence-electron chi connectivity index (χ2n) is 5.39. The zero-order valence-corrected chi connectivity index (χ0v) is 13.3. The van der Waals surface area contributed by atoms with Gasteiger partial charge in [0.1, 0.15) is 0 Å². The monoisotopic (exact) mass is 313 g/mol. The summed E-state index contributed by atoms with van der Waals surface area (Å²) in [5.74, 6) is 0.0965. The molecule has 1 saturated heterocycles. The van der Waals surface area contributed by atoms with Crippen LogP contribution in [0.1, 0.15) is 19.5 Å². The van der Waals surface area contributed by atoms with E-state index in [1.165, 1.54) is 4.31 Å². The summed E-state index contributed by atoms with van der Waals surface area (Å²) in [4.78, 5) is 4.18. The first kappa shape index (κ1) is 16.4. The Labute approximate surface area is 126 Å². The first-order valence-electron chi connectivity index (χ1n) is 7.21. The second-order valence-corrected chi connectivity index (χ2v) is 7.48. The van der Waals surface area contributed by atoms with Gasteiger partial charge in [-0.1, -0.05) is 6.07 Å². The topological polar surface area (TPSA) is 71.5 Å². The van der Waals surface area contributed by atoms with Gasteiger partial charge >= 0.3 is 0 Å². The molecular weight excluding hydrogens is 290 g/mol. The molecule has 0 aromatic carbocycles. The van der Waals surface area contributed by atoms with Crippen molar-refractivity contribution in [3.63, 3.8) is 0 Å². The third-order valence-corrected chi connectivity index (χ3v) is 5.15. The van der Waals surface area contributed by atoms with Gasteiger partial charge in [0.25, 0.3) is 0 Å². The van der Waals surface area contributed by atoms with Crippen molar-refractivity contribution in [1.82, 2.24) is 14.6 Å². The number of nitrogens with one attached hydrogen (secondary N) is 1. The van der Waals surface area contributed by atoms with Crippen molar-refractivity contribution in [3.8, 4) is 0 Å². The van der Waals surface area contributed by atoms with Gasteiger partial charge in [0.15, 0.2) is 0 Å². The van der Waals surface area contributed by atoms with Crippen LogP contribution in [0, 0.1) is 0 Å². The van der Waals surface area contributed by atoms with Crippen LogP contribution in [0.5, 0.6) is 0 Å². The predicted octanol–water partition coefficient (Wildman–Crippen LogP) is 0.610. The van der Waals surface area contributed by atoms with Gasteiger partial charge in [-0.2, -0.15) is 4.31 Å². The molecule has 0 amide bonds. The largest absolute Gasteiger partial charge is 0.373 e. The van der Waals surface area contributed by atoms with Crippen LogP contribution >= 0.6 is 0 Å². The van der Waals surface area contributed by atoms with E-state index in [2.05, 4.69) is 10.3 Å². The maximum Gasteiger partial charge on any atom is 0.215 e. The van der Waals surface area contributed by atoms with Crippen LogP contribution in [0.4, 0.5) is 0 Å². The highest BCUT2D eigenvalue weighted by Gasteiger charge is 2.30. The quantitative estimate of drug-likeness (QED) is 0.779. The lowest BCUT2D eigenvalue weighted by Crippen LogP contribution is -2.49. The molecule has 0 saturated carbocycles. The fourth-order valence-corrected chi connectivity index (χ4v) is 3.94. The summed E-state index contributed by atoms with van der Waals surface area (Å²) in [5, 5.41) is 3.12. The molecule has 7 heteroatoms. The number of pyridine rings is 1. The van der Waals surface area contributed by atoms with Gasteiger partial charge in [0.2, 0.25) is 10.0 Å². The molecule has 21 heavy (non-hydrogen) atoms. The number of rotatable bonds is 6. The van der Waals surface area contributed by atoms with Crippen molar-refractivity contribution in [2.45, 2.75) is 32.6 Å². The Morgan fingerprint density at radius 3 is 2.67 bits per heavy atom. The first-order valence-corrected chi connectivity index (χ1v) is 8.82. The number of hydrogen-bond donors (Lipinski definition) is 1. The highest BCUT2D eigenvalue weighted by Crippen LogP contribution is 2.14. The minimum atomic E-state index is -3.23.